The Morgan fingerprint density at radius 2 is 1.72 bits per heavy atom. The van der Waals surface area contributed by atoms with Gasteiger partial charge in [0.25, 0.3) is 5.69 Å². The highest BCUT2D eigenvalue weighted by Gasteiger charge is 2.27. The molecule has 130 valence electrons. The van der Waals surface area contributed by atoms with Gasteiger partial charge in [-0.2, -0.15) is 0 Å². The number of carbonyl (C=O) groups excluding carboxylic acids is 1. The number of anilines is 1. The molecule has 0 aliphatic carbocycles. The largest absolute Gasteiger partial charge is 0.369 e. The van der Waals surface area contributed by atoms with Gasteiger partial charge in [0.2, 0.25) is 0 Å². The van der Waals surface area contributed by atoms with Gasteiger partial charge in [-0.05, 0) is 43.2 Å². The molecule has 1 aliphatic rings. The summed E-state index contributed by atoms with van der Waals surface area (Å²) in [4.78, 5) is 24.3. The summed E-state index contributed by atoms with van der Waals surface area (Å²) in [6.45, 7) is 0.957. The summed E-state index contributed by atoms with van der Waals surface area (Å²) in [5.41, 5.74) is 0.488. The molecule has 0 radical (unpaired) electrons. The van der Waals surface area contributed by atoms with E-state index in [2.05, 4.69) is 0 Å². The second-order valence-corrected chi connectivity index (χ2v) is 6.03. The number of ketones is 1. The molecule has 0 spiro atoms. The first-order valence-corrected chi connectivity index (χ1v) is 7.94. The summed E-state index contributed by atoms with van der Waals surface area (Å²) in [6.07, 6.45) is 1.10. The lowest BCUT2D eigenvalue weighted by Gasteiger charge is -2.33. The van der Waals surface area contributed by atoms with Gasteiger partial charge in [0.15, 0.2) is 11.6 Å². The SMILES string of the molecule is O=C(c1ccc(F)cc1)C1CCN(c2ccc([N+](=O)[O-])cc2F)CC1. The first-order valence-electron chi connectivity index (χ1n) is 7.94. The number of Topliss-reactive ketones (excluding diaryl/α,β-unsaturated/α-hetero) is 1. The molecule has 3 rings (SSSR count). The Labute approximate surface area is 143 Å². The van der Waals surface area contributed by atoms with Crippen LogP contribution in [0.1, 0.15) is 23.2 Å². The zero-order chi connectivity index (χ0) is 18.0. The number of halogens is 2. The molecule has 1 aliphatic heterocycles. The van der Waals surface area contributed by atoms with Crippen LogP contribution in [0.15, 0.2) is 42.5 Å². The molecule has 25 heavy (non-hydrogen) atoms. The van der Waals surface area contributed by atoms with Crippen molar-refractivity contribution < 1.29 is 18.5 Å². The van der Waals surface area contributed by atoms with Gasteiger partial charge in [0.05, 0.1) is 16.7 Å². The highest BCUT2D eigenvalue weighted by molar-refractivity contribution is 5.98. The molecule has 1 heterocycles. The molecule has 0 amide bonds. The van der Waals surface area contributed by atoms with Crippen molar-refractivity contribution in [1.29, 1.82) is 0 Å². The maximum Gasteiger partial charge on any atom is 0.272 e. The molecule has 0 aromatic heterocycles. The minimum absolute atomic E-state index is 0.0381. The van der Waals surface area contributed by atoms with Gasteiger partial charge in [-0.25, -0.2) is 8.78 Å². The van der Waals surface area contributed by atoms with E-state index in [4.69, 9.17) is 0 Å². The molecule has 1 fully saturated rings. The Kier molecular flexibility index (Phi) is 4.74. The molecular weight excluding hydrogens is 330 g/mol. The number of piperidine rings is 1. The van der Waals surface area contributed by atoms with Crippen LogP contribution in [0.3, 0.4) is 0 Å². The van der Waals surface area contributed by atoms with E-state index in [1.807, 2.05) is 0 Å². The van der Waals surface area contributed by atoms with Crippen LogP contribution in [-0.4, -0.2) is 23.8 Å². The van der Waals surface area contributed by atoms with Crippen molar-refractivity contribution in [2.45, 2.75) is 12.8 Å². The van der Waals surface area contributed by atoms with Gasteiger partial charge in [0, 0.05) is 30.6 Å². The van der Waals surface area contributed by atoms with E-state index >= 15 is 0 Å². The maximum atomic E-state index is 14.1. The standard InChI is InChI=1S/C18H16F2N2O3/c19-14-3-1-12(2-4-14)18(23)13-7-9-21(10-8-13)17-6-5-15(22(24)25)11-16(17)20/h1-6,11,13H,7-10H2. The van der Waals surface area contributed by atoms with E-state index in [1.165, 1.54) is 36.4 Å². The highest BCUT2D eigenvalue weighted by Crippen LogP contribution is 2.29. The van der Waals surface area contributed by atoms with Crippen LogP contribution in [0.5, 0.6) is 0 Å². The topological polar surface area (TPSA) is 63.5 Å². The Morgan fingerprint density at radius 3 is 2.28 bits per heavy atom. The molecule has 2 aromatic rings. The van der Waals surface area contributed by atoms with E-state index in [0.717, 1.165) is 6.07 Å². The summed E-state index contributed by atoms with van der Waals surface area (Å²) in [5.74, 6) is -1.26. The van der Waals surface area contributed by atoms with Gasteiger partial charge in [-0.3, -0.25) is 14.9 Å². The van der Waals surface area contributed by atoms with E-state index in [9.17, 15) is 23.7 Å². The molecule has 0 N–H and O–H groups in total. The van der Waals surface area contributed by atoms with Crippen molar-refractivity contribution in [3.05, 3.63) is 69.8 Å². The zero-order valence-corrected chi connectivity index (χ0v) is 13.3. The number of rotatable bonds is 4. The monoisotopic (exact) mass is 346 g/mol. The summed E-state index contributed by atoms with van der Waals surface area (Å²) >= 11 is 0. The molecule has 0 unspecified atom stereocenters. The highest BCUT2D eigenvalue weighted by atomic mass is 19.1. The number of hydrogen-bond donors (Lipinski definition) is 0. The van der Waals surface area contributed by atoms with Crippen molar-refractivity contribution in [2.24, 2.45) is 5.92 Å². The maximum absolute atomic E-state index is 14.1. The molecule has 2 aromatic carbocycles. The van der Waals surface area contributed by atoms with Crippen molar-refractivity contribution in [3.8, 4) is 0 Å². The average Bonchev–Trinajstić information content (AvgIpc) is 2.62. The van der Waals surface area contributed by atoms with Crippen molar-refractivity contribution in [3.63, 3.8) is 0 Å². The number of carbonyl (C=O) groups is 1. The van der Waals surface area contributed by atoms with E-state index in [1.54, 1.807) is 4.90 Å². The third kappa shape index (κ3) is 3.65. The van der Waals surface area contributed by atoms with Crippen LogP contribution in [0.2, 0.25) is 0 Å². The fourth-order valence-corrected chi connectivity index (χ4v) is 3.10. The van der Waals surface area contributed by atoms with Crippen LogP contribution in [-0.2, 0) is 0 Å². The van der Waals surface area contributed by atoms with Crippen molar-refractivity contribution >= 4 is 17.2 Å². The van der Waals surface area contributed by atoms with E-state index in [-0.39, 0.29) is 23.2 Å². The lowest BCUT2D eigenvalue weighted by atomic mass is 9.88. The van der Waals surface area contributed by atoms with Gasteiger partial charge >= 0.3 is 0 Å². The second kappa shape index (κ2) is 6.96. The summed E-state index contributed by atoms with van der Waals surface area (Å²) in [6, 6.07) is 9.04. The number of non-ortho nitro benzene ring substituents is 1. The predicted molar refractivity (Wildman–Crippen MR) is 88.7 cm³/mol. The Morgan fingerprint density at radius 1 is 1.08 bits per heavy atom. The first-order chi connectivity index (χ1) is 12.0. The number of nitro benzene ring substituents is 1. The zero-order valence-electron chi connectivity index (χ0n) is 13.3. The minimum Gasteiger partial charge on any atom is -0.369 e. The number of benzene rings is 2. The van der Waals surface area contributed by atoms with E-state index < -0.39 is 10.7 Å². The van der Waals surface area contributed by atoms with Gasteiger partial charge in [-0.15, -0.1) is 0 Å². The minimum atomic E-state index is -0.641. The van der Waals surface area contributed by atoms with Crippen molar-refractivity contribution in [1.82, 2.24) is 0 Å². The van der Waals surface area contributed by atoms with Crippen LogP contribution in [0, 0.1) is 27.7 Å². The normalized spacial score (nSPS) is 15.2. The van der Waals surface area contributed by atoms with Crippen LogP contribution >= 0.6 is 0 Å². The summed E-state index contributed by atoms with van der Waals surface area (Å²) < 4.78 is 27.1. The molecular formula is C18H16F2N2O3. The van der Waals surface area contributed by atoms with Gasteiger partial charge in [0.1, 0.15) is 5.82 Å². The quantitative estimate of drug-likeness (QED) is 0.477. The third-order valence-corrected chi connectivity index (χ3v) is 4.48. The number of nitro groups is 1. The van der Waals surface area contributed by atoms with Crippen LogP contribution < -0.4 is 4.90 Å². The third-order valence-electron chi connectivity index (χ3n) is 4.48. The molecule has 0 saturated carbocycles. The number of hydrogen-bond acceptors (Lipinski definition) is 4. The van der Waals surface area contributed by atoms with Crippen LogP contribution in [0.4, 0.5) is 20.2 Å². The van der Waals surface area contributed by atoms with E-state index in [0.29, 0.717) is 37.2 Å². The average molecular weight is 346 g/mol. The smallest absolute Gasteiger partial charge is 0.272 e. The van der Waals surface area contributed by atoms with Crippen molar-refractivity contribution in [2.75, 3.05) is 18.0 Å². The molecule has 7 heteroatoms. The molecule has 0 bridgehead atoms. The Bertz CT molecular complexity index is 800. The molecule has 0 atom stereocenters. The fraction of sp³-hybridized carbons (Fsp3) is 0.278. The summed E-state index contributed by atoms with van der Waals surface area (Å²) in [5, 5.41) is 10.7. The molecule has 1 saturated heterocycles. The fourth-order valence-electron chi connectivity index (χ4n) is 3.10. The summed E-state index contributed by atoms with van der Waals surface area (Å²) in [7, 11) is 0. The second-order valence-electron chi connectivity index (χ2n) is 6.03. The van der Waals surface area contributed by atoms with Crippen LogP contribution in [0.25, 0.3) is 0 Å². The Hall–Kier alpha value is -2.83. The van der Waals surface area contributed by atoms with Gasteiger partial charge < -0.3 is 4.90 Å². The lowest BCUT2D eigenvalue weighted by Crippen LogP contribution is -2.36. The Balaban J connectivity index is 1.66. The first kappa shape index (κ1) is 17.0. The lowest BCUT2D eigenvalue weighted by molar-refractivity contribution is -0.385. The number of nitrogens with zero attached hydrogens (tertiary/aromatic N) is 2. The predicted octanol–water partition coefficient (Wildman–Crippen LogP) is 3.97. The van der Waals surface area contributed by atoms with Gasteiger partial charge in [-0.1, -0.05) is 0 Å². The molecule has 5 nitrogen and oxygen atoms in total.